The molecule has 0 atom stereocenters. The van der Waals surface area contributed by atoms with E-state index in [9.17, 15) is 9.18 Å². The number of hydrogen-bond donors (Lipinski definition) is 0. The minimum absolute atomic E-state index is 0.0556. The Morgan fingerprint density at radius 3 is 2.43 bits per heavy atom. The molecule has 1 aliphatic rings. The Labute approximate surface area is 144 Å². The molecule has 1 amide bonds. The number of rotatable bonds is 5. The summed E-state index contributed by atoms with van der Waals surface area (Å²) in [5.41, 5.74) is 1.15. The predicted octanol–water partition coefficient (Wildman–Crippen LogP) is 4.87. The summed E-state index contributed by atoms with van der Waals surface area (Å²) in [7, 11) is 0. The monoisotopic (exact) mass is 351 g/mol. The quantitative estimate of drug-likeness (QED) is 0.752. The number of halogens is 3. The van der Waals surface area contributed by atoms with Crippen LogP contribution in [-0.4, -0.2) is 16.8 Å². The maximum absolute atomic E-state index is 14.0. The number of hydrogen-bond acceptors (Lipinski definition) is 1. The average Bonchev–Trinajstić information content (AvgIpc) is 3.34. The Balaban J connectivity index is 1.79. The van der Waals surface area contributed by atoms with Crippen LogP contribution in [0, 0.1) is 5.82 Å². The fourth-order valence-electron chi connectivity index (χ4n) is 2.57. The van der Waals surface area contributed by atoms with Gasteiger partial charge in [0, 0.05) is 21.7 Å². The lowest BCUT2D eigenvalue weighted by molar-refractivity contribution is -0.131. The summed E-state index contributed by atoms with van der Waals surface area (Å²) in [5.74, 6) is -0.436. The number of carbonyl (C=O) groups is 1. The molecule has 120 valence electrons. The third-order valence-corrected chi connectivity index (χ3v) is 4.72. The third-order valence-electron chi connectivity index (χ3n) is 4.00. The SMILES string of the molecule is O=C(Cc1ccccc1Cl)N(Cc1c(F)cccc1Cl)C1CC1. The van der Waals surface area contributed by atoms with Crippen LogP contribution in [0.1, 0.15) is 24.0 Å². The van der Waals surface area contributed by atoms with Crippen LogP contribution in [0.4, 0.5) is 4.39 Å². The lowest BCUT2D eigenvalue weighted by Crippen LogP contribution is -2.34. The van der Waals surface area contributed by atoms with Crippen molar-refractivity contribution in [1.29, 1.82) is 0 Å². The second kappa shape index (κ2) is 6.90. The first kappa shape index (κ1) is 16.3. The van der Waals surface area contributed by atoms with Crippen LogP contribution < -0.4 is 0 Å². The Kier molecular flexibility index (Phi) is 4.88. The molecule has 0 aromatic heterocycles. The predicted molar refractivity (Wildman–Crippen MR) is 90.1 cm³/mol. The molecule has 3 rings (SSSR count). The first-order chi connectivity index (χ1) is 11.1. The van der Waals surface area contributed by atoms with E-state index in [1.165, 1.54) is 6.07 Å². The van der Waals surface area contributed by atoms with Gasteiger partial charge in [0.05, 0.1) is 13.0 Å². The van der Waals surface area contributed by atoms with Gasteiger partial charge in [0.25, 0.3) is 0 Å². The molecular formula is C18H16Cl2FNO. The largest absolute Gasteiger partial charge is 0.335 e. The topological polar surface area (TPSA) is 20.3 Å². The molecule has 5 heteroatoms. The Bertz CT molecular complexity index is 710. The van der Waals surface area contributed by atoms with E-state index < -0.39 is 0 Å². The smallest absolute Gasteiger partial charge is 0.227 e. The van der Waals surface area contributed by atoms with Crippen LogP contribution in [0.25, 0.3) is 0 Å². The van der Waals surface area contributed by atoms with E-state index in [-0.39, 0.29) is 30.7 Å². The first-order valence-electron chi connectivity index (χ1n) is 7.52. The molecule has 1 saturated carbocycles. The fraction of sp³-hybridized carbons (Fsp3) is 0.278. The van der Waals surface area contributed by atoms with Gasteiger partial charge in [0.1, 0.15) is 5.82 Å². The molecule has 2 nitrogen and oxygen atoms in total. The number of amides is 1. The van der Waals surface area contributed by atoms with E-state index in [0.29, 0.717) is 15.6 Å². The highest BCUT2D eigenvalue weighted by Gasteiger charge is 2.33. The van der Waals surface area contributed by atoms with E-state index in [2.05, 4.69) is 0 Å². The van der Waals surface area contributed by atoms with Crippen molar-refractivity contribution in [3.63, 3.8) is 0 Å². The molecule has 23 heavy (non-hydrogen) atoms. The summed E-state index contributed by atoms with van der Waals surface area (Å²) >= 11 is 12.2. The molecular weight excluding hydrogens is 336 g/mol. The van der Waals surface area contributed by atoms with Crippen LogP contribution in [0.2, 0.25) is 10.0 Å². The van der Waals surface area contributed by atoms with Gasteiger partial charge in [0.2, 0.25) is 5.91 Å². The number of nitrogens with zero attached hydrogens (tertiary/aromatic N) is 1. The van der Waals surface area contributed by atoms with E-state index in [1.807, 2.05) is 18.2 Å². The first-order valence-corrected chi connectivity index (χ1v) is 8.27. The molecule has 0 radical (unpaired) electrons. The summed E-state index contributed by atoms with van der Waals surface area (Å²) in [5, 5.41) is 0.918. The van der Waals surface area contributed by atoms with E-state index in [0.717, 1.165) is 18.4 Å². The second-order valence-corrected chi connectivity index (χ2v) is 6.54. The van der Waals surface area contributed by atoms with Crippen molar-refractivity contribution in [3.05, 3.63) is 69.5 Å². The highest BCUT2D eigenvalue weighted by molar-refractivity contribution is 6.31. The van der Waals surface area contributed by atoms with Crippen molar-refractivity contribution >= 4 is 29.1 Å². The van der Waals surface area contributed by atoms with Gasteiger partial charge in [0.15, 0.2) is 0 Å². The van der Waals surface area contributed by atoms with Crippen molar-refractivity contribution in [2.45, 2.75) is 31.8 Å². The average molecular weight is 352 g/mol. The van der Waals surface area contributed by atoms with Gasteiger partial charge in [-0.2, -0.15) is 0 Å². The Morgan fingerprint density at radius 2 is 1.78 bits per heavy atom. The van der Waals surface area contributed by atoms with Gasteiger partial charge in [-0.05, 0) is 36.6 Å². The van der Waals surface area contributed by atoms with Crippen LogP contribution in [0.15, 0.2) is 42.5 Å². The van der Waals surface area contributed by atoms with Gasteiger partial charge in [-0.25, -0.2) is 4.39 Å². The van der Waals surface area contributed by atoms with Crippen molar-refractivity contribution in [3.8, 4) is 0 Å². The van der Waals surface area contributed by atoms with Crippen LogP contribution >= 0.6 is 23.2 Å². The molecule has 2 aromatic carbocycles. The maximum Gasteiger partial charge on any atom is 0.227 e. The van der Waals surface area contributed by atoms with Gasteiger partial charge >= 0.3 is 0 Å². The van der Waals surface area contributed by atoms with Gasteiger partial charge in [-0.1, -0.05) is 47.5 Å². The molecule has 0 unspecified atom stereocenters. The van der Waals surface area contributed by atoms with E-state index in [4.69, 9.17) is 23.2 Å². The number of benzene rings is 2. The Hall–Kier alpha value is -1.58. The standard InChI is InChI=1S/C18H16Cl2FNO/c19-15-5-2-1-4-12(15)10-18(23)22(13-8-9-13)11-14-16(20)6-3-7-17(14)21/h1-7,13H,8-11H2. The minimum atomic E-state index is -0.381. The summed E-state index contributed by atoms with van der Waals surface area (Å²) in [4.78, 5) is 14.4. The van der Waals surface area contributed by atoms with Crippen LogP contribution in [0.3, 0.4) is 0 Å². The van der Waals surface area contributed by atoms with E-state index >= 15 is 0 Å². The van der Waals surface area contributed by atoms with Gasteiger partial charge in [-0.15, -0.1) is 0 Å². The molecule has 1 aliphatic carbocycles. The number of carbonyl (C=O) groups excluding carboxylic acids is 1. The summed E-state index contributed by atoms with van der Waals surface area (Å²) in [6.45, 7) is 0.194. The highest BCUT2D eigenvalue weighted by Crippen LogP contribution is 2.31. The van der Waals surface area contributed by atoms with Gasteiger partial charge in [-0.3, -0.25) is 4.79 Å². The molecule has 0 saturated heterocycles. The highest BCUT2D eigenvalue weighted by atomic mass is 35.5. The zero-order valence-corrected chi connectivity index (χ0v) is 13.9. The summed E-state index contributed by atoms with van der Waals surface area (Å²) in [6, 6.07) is 12.0. The molecule has 0 heterocycles. The van der Waals surface area contributed by atoms with Crippen molar-refractivity contribution in [2.75, 3.05) is 0 Å². The van der Waals surface area contributed by atoms with Crippen LogP contribution in [-0.2, 0) is 17.8 Å². The normalized spacial score (nSPS) is 13.9. The summed E-state index contributed by atoms with van der Waals surface area (Å²) in [6.07, 6.45) is 2.10. The molecule has 0 aliphatic heterocycles. The van der Waals surface area contributed by atoms with Crippen molar-refractivity contribution in [2.24, 2.45) is 0 Å². The zero-order valence-electron chi connectivity index (χ0n) is 12.4. The maximum atomic E-state index is 14.0. The van der Waals surface area contributed by atoms with Crippen molar-refractivity contribution in [1.82, 2.24) is 4.90 Å². The van der Waals surface area contributed by atoms with Gasteiger partial charge < -0.3 is 4.90 Å². The lowest BCUT2D eigenvalue weighted by Gasteiger charge is -2.23. The molecule has 0 bridgehead atoms. The summed E-state index contributed by atoms with van der Waals surface area (Å²) < 4.78 is 14.0. The van der Waals surface area contributed by atoms with Crippen LogP contribution in [0.5, 0.6) is 0 Å². The Morgan fingerprint density at radius 1 is 1.09 bits per heavy atom. The third kappa shape index (κ3) is 3.85. The van der Waals surface area contributed by atoms with Crippen molar-refractivity contribution < 1.29 is 9.18 Å². The lowest BCUT2D eigenvalue weighted by atomic mass is 10.1. The van der Waals surface area contributed by atoms with E-state index in [1.54, 1.807) is 23.1 Å². The molecule has 0 spiro atoms. The minimum Gasteiger partial charge on any atom is -0.335 e. The molecule has 0 N–H and O–H groups in total. The molecule has 2 aromatic rings. The fourth-order valence-corrected chi connectivity index (χ4v) is 2.99. The second-order valence-electron chi connectivity index (χ2n) is 5.72. The zero-order chi connectivity index (χ0) is 16.4. The molecule has 1 fully saturated rings.